The molecule has 2 fully saturated rings. The second kappa shape index (κ2) is 9.52. The Morgan fingerprint density at radius 2 is 1.97 bits per heavy atom. The van der Waals surface area contributed by atoms with E-state index in [1.54, 1.807) is 12.1 Å². The Hall–Kier alpha value is -2.29. The monoisotopic (exact) mass is 474 g/mol. The molecular weight excluding hydrogens is 443 g/mol. The van der Waals surface area contributed by atoms with Gasteiger partial charge in [0.2, 0.25) is 5.91 Å². The fraction of sp³-hybridized carbons (Fsp3) is 0.520. The number of hydrogen-bond donors (Lipinski definition) is 2. The number of likely N-dealkylation sites (tertiary alicyclic amines) is 1. The lowest BCUT2D eigenvalue weighted by atomic mass is 9.66. The van der Waals surface area contributed by atoms with E-state index >= 15 is 0 Å². The first-order valence-electron chi connectivity index (χ1n) is 11.4. The van der Waals surface area contributed by atoms with E-state index in [-0.39, 0.29) is 30.2 Å². The summed E-state index contributed by atoms with van der Waals surface area (Å²) in [6.07, 6.45) is 4.25. The highest BCUT2D eigenvalue weighted by molar-refractivity contribution is 7.16. The van der Waals surface area contributed by atoms with Gasteiger partial charge >= 0.3 is 5.97 Å². The number of carbonyl (C=O) groups excluding carboxylic acids is 2. The van der Waals surface area contributed by atoms with Crippen LogP contribution >= 0.6 is 11.3 Å². The first-order valence-corrected chi connectivity index (χ1v) is 12.2. The summed E-state index contributed by atoms with van der Waals surface area (Å²) in [5.41, 5.74) is 1.34. The fourth-order valence-corrected chi connectivity index (χ4v) is 6.50. The molecule has 8 heteroatoms. The van der Waals surface area contributed by atoms with Crippen LogP contribution in [0.2, 0.25) is 0 Å². The maximum Gasteiger partial charge on any atom is 0.341 e. The summed E-state index contributed by atoms with van der Waals surface area (Å²) >= 11 is 1.36. The number of fused-ring (bicyclic) bond motifs is 1. The number of rotatable bonds is 5. The van der Waals surface area contributed by atoms with Gasteiger partial charge in [-0.25, -0.2) is 9.18 Å². The molecule has 1 saturated carbocycles. The Kier molecular flexibility index (Phi) is 6.88. The van der Waals surface area contributed by atoms with Crippen molar-refractivity contribution < 1.29 is 23.8 Å². The minimum atomic E-state index is -0.760. The van der Waals surface area contributed by atoms with Crippen molar-refractivity contribution in [2.75, 3.05) is 25.5 Å². The summed E-state index contributed by atoms with van der Waals surface area (Å²) in [7, 11) is 1.33. The second-order valence-corrected chi connectivity index (χ2v) is 10.4. The lowest BCUT2D eigenvalue weighted by Crippen LogP contribution is -2.56. The topological polar surface area (TPSA) is 78.9 Å². The Morgan fingerprint density at radius 3 is 2.67 bits per heavy atom. The van der Waals surface area contributed by atoms with Crippen LogP contribution in [-0.2, 0) is 9.53 Å². The van der Waals surface area contributed by atoms with Crippen molar-refractivity contribution in [3.8, 4) is 0 Å². The number of nitrogens with one attached hydrogen (secondary N) is 1. The zero-order valence-electron chi connectivity index (χ0n) is 19.3. The number of hydrogen-bond acceptors (Lipinski definition) is 6. The van der Waals surface area contributed by atoms with Gasteiger partial charge in [0.05, 0.1) is 24.8 Å². The van der Waals surface area contributed by atoms with Crippen LogP contribution in [0.15, 0.2) is 24.3 Å². The van der Waals surface area contributed by atoms with Crippen LogP contribution in [0.25, 0.3) is 0 Å². The number of nitrogens with zero attached hydrogens (tertiary/aromatic N) is 1. The standard InChI is InChI=1S/C25H31FN2O4S/c1-15-16(2)33-23(21(15)24(30)32-3)27-20(29)14-28-13-12-25(31)11-5-4-6-19(25)22(28)17-7-9-18(26)10-8-17/h7-10,19,22,31H,4-6,11-14H2,1-3H3,(H,27,29)/t19-,22-,25-/m1/s1. The molecule has 6 nitrogen and oxygen atoms in total. The number of thiophene rings is 1. The van der Waals surface area contributed by atoms with Gasteiger partial charge in [-0.2, -0.15) is 0 Å². The van der Waals surface area contributed by atoms with Gasteiger partial charge in [0.25, 0.3) is 0 Å². The number of amides is 1. The Bertz CT molecular complexity index is 1040. The quantitative estimate of drug-likeness (QED) is 0.620. The first-order chi connectivity index (χ1) is 15.7. The lowest BCUT2D eigenvalue weighted by Gasteiger charge is -2.52. The number of piperidine rings is 1. The van der Waals surface area contributed by atoms with Crippen LogP contribution in [0.5, 0.6) is 0 Å². The smallest absolute Gasteiger partial charge is 0.341 e. The predicted molar refractivity (Wildman–Crippen MR) is 126 cm³/mol. The third-order valence-electron chi connectivity index (χ3n) is 7.26. The van der Waals surface area contributed by atoms with Gasteiger partial charge in [0, 0.05) is 23.4 Å². The molecule has 2 aliphatic rings. The molecule has 2 heterocycles. The maximum atomic E-state index is 13.6. The van der Waals surface area contributed by atoms with Gasteiger partial charge in [-0.3, -0.25) is 9.69 Å². The van der Waals surface area contributed by atoms with Gasteiger partial charge < -0.3 is 15.2 Å². The summed E-state index contributed by atoms with van der Waals surface area (Å²) in [5.74, 6) is -1.03. The molecule has 1 aromatic carbocycles. The van der Waals surface area contributed by atoms with E-state index in [1.807, 2.05) is 13.8 Å². The molecule has 2 aromatic rings. The summed E-state index contributed by atoms with van der Waals surface area (Å²) < 4.78 is 18.5. The molecule has 33 heavy (non-hydrogen) atoms. The molecule has 3 atom stereocenters. The lowest BCUT2D eigenvalue weighted by molar-refractivity contribution is -0.135. The maximum absolute atomic E-state index is 13.6. The second-order valence-electron chi connectivity index (χ2n) is 9.20. The van der Waals surface area contributed by atoms with Crippen molar-refractivity contribution in [3.63, 3.8) is 0 Å². The minimum absolute atomic E-state index is 0.0184. The highest BCUT2D eigenvalue weighted by atomic mass is 32.1. The molecule has 2 N–H and O–H groups in total. The number of ether oxygens (including phenoxy) is 1. The highest BCUT2D eigenvalue weighted by Crippen LogP contribution is 2.49. The number of esters is 1. The van der Waals surface area contributed by atoms with E-state index in [9.17, 15) is 19.1 Å². The average molecular weight is 475 g/mol. The van der Waals surface area contributed by atoms with Crippen molar-refractivity contribution in [3.05, 3.63) is 51.7 Å². The number of aryl methyl sites for hydroxylation is 1. The fourth-order valence-electron chi connectivity index (χ4n) is 5.44. The molecule has 1 aromatic heterocycles. The zero-order chi connectivity index (χ0) is 23.8. The third kappa shape index (κ3) is 4.69. The van der Waals surface area contributed by atoms with E-state index < -0.39 is 11.6 Å². The van der Waals surface area contributed by atoms with Crippen LogP contribution in [0.4, 0.5) is 9.39 Å². The molecule has 1 amide bonds. The summed E-state index contributed by atoms with van der Waals surface area (Å²) in [5, 5.41) is 14.8. The first kappa shape index (κ1) is 23.9. The molecule has 1 aliphatic heterocycles. The van der Waals surface area contributed by atoms with E-state index in [1.165, 1.54) is 30.6 Å². The van der Waals surface area contributed by atoms with Crippen LogP contribution in [-0.4, -0.2) is 47.7 Å². The van der Waals surface area contributed by atoms with E-state index in [4.69, 9.17) is 4.74 Å². The molecule has 0 bridgehead atoms. The van der Waals surface area contributed by atoms with Crippen LogP contribution < -0.4 is 5.32 Å². The number of anilines is 1. The van der Waals surface area contributed by atoms with Crippen molar-refractivity contribution in [1.82, 2.24) is 4.90 Å². The summed E-state index contributed by atoms with van der Waals surface area (Å²) in [6, 6.07) is 6.20. The Morgan fingerprint density at radius 1 is 1.24 bits per heavy atom. The van der Waals surface area contributed by atoms with E-state index in [2.05, 4.69) is 10.2 Å². The largest absolute Gasteiger partial charge is 0.465 e. The highest BCUT2D eigenvalue weighted by Gasteiger charge is 2.49. The molecule has 178 valence electrons. The molecule has 0 unspecified atom stereocenters. The van der Waals surface area contributed by atoms with Crippen LogP contribution in [0, 0.1) is 25.6 Å². The van der Waals surface area contributed by atoms with Crippen molar-refractivity contribution in [1.29, 1.82) is 0 Å². The minimum Gasteiger partial charge on any atom is -0.465 e. The molecular formula is C25H31FN2O4S. The van der Waals surface area contributed by atoms with Gasteiger partial charge in [0.1, 0.15) is 10.8 Å². The summed E-state index contributed by atoms with van der Waals surface area (Å²) in [4.78, 5) is 28.4. The molecule has 0 radical (unpaired) electrons. The molecule has 0 spiro atoms. The molecule has 1 saturated heterocycles. The Balaban J connectivity index is 1.58. The number of benzene rings is 1. The van der Waals surface area contributed by atoms with Gasteiger partial charge in [0.15, 0.2) is 0 Å². The average Bonchev–Trinajstić information content (AvgIpc) is 3.06. The van der Waals surface area contributed by atoms with Crippen molar-refractivity contribution >= 4 is 28.2 Å². The predicted octanol–water partition coefficient (Wildman–Crippen LogP) is 4.60. The van der Waals surface area contributed by atoms with Crippen molar-refractivity contribution in [2.24, 2.45) is 5.92 Å². The SMILES string of the molecule is COC(=O)c1c(NC(=O)CN2CC[C@]3(O)CCCC[C@@H]3[C@H]2c2ccc(F)cc2)sc(C)c1C. The third-order valence-corrected chi connectivity index (χ3v) is 8.38. The zero-order valence-corrected chi connectivity index (χ0v) is 20.1. The molecule has 1 aliphatic carbocycles. The van der Waals surface area contributed by atoms with E-state index in [0.717, 1.165) is 41.7 Å². The number of halogens is 1. The Labute approximate surface area is 197 Å². The van der Waals surface area contributed by atoms with Gasteiger partial charge in [-0.05, 0) is 56.4 Å². The normalized spacial score (nSPS) is 25.4. The van der Waals surface area contributed by atoms with Crippen molar-refractivity contribution in [2.45, 2.75) is 57.6 Å². The van der Waals surface area contributed by atoms with Crippen LogP contribution in [0.3, 0.4) is 0 Å². The summed E-state index contributed by atoms with van der Waals surface area (Å²) in [6.45, 7) is 4.42. The molecule has 4 rings (SSSR count). The van der Waals surface area contributed by atoms with Crippen LogP contribution in [0.1, 0.15) is 64.5 Å². The van der Waals surface area contributed by atoms with Gasteiger partial charge in [-0.15, -0.1) is 11.3 Å². The number of aliphatic hydroxyl groups is 1. The van der Waals surface area contributed by atoms with E-state index in [0.29, 0.717) is 23.5 Å². The number of carbonyl (C=O) groups is 2. The van der Waals surface area contributed by atoms with Gasteiger partial charge in [-0.1, -0.05) is 25.0 Å². The number of methoxy groups -OCH3 is 1.